The van der Waals surface area contributed by atoms with Gasteiger partial charge >= 0.3 is 0 Å². The van der Waals surface area contributed by atoms with Crippen LogP contribution in [0.1, 0.15) is 19.8 Å². The quantitative estimate of drug-likeness (QED) is 0.688. The SMILES string of the molecule is COc1cc(-c2ccc(F)cc2)cc2c(NCC3CCN(C(C)=O)CC3)ncnc12. The van der Waals surface area contributed by atoms with Crippen LogP contribution in [0, 0.1) is 11.7 Å². The fourth-order valence-corrected chi connectivity index (χ4v) is 3.93. The third-order valence-electron chi connectivity index (χ3n) is 5.72. The molecule has 6 nitrogen and oxygen atoms in total. The van der Waals surface area contributed by atoms with Crippen molar-refractivity contribution in [1.29, 1.82) is 0 Å². The summed E-state index contributed by atoms with van der Waals surface area (Å²) >= 11 is 0. The molecule has 0 radical (unpaired) electrons. The van der Waals surface area contributed by atoms with Crippen LogP contribution in [0.15, 0.2) is 42.7 Å². The van der Waals surface area contributed by atoms with E-state index in [1.165, 1.54) is 18.5 Å². The van der Waals surface area contributed by atoms with Gasteiger partial charge in [0.05, 0.1) is 7.11 Å². The predicted octanol–water partition coefficient (Wildman–Crippen LogP) is 4.11. The summed E-state index contributed by atoms with van der Waals surface area (Å²) in [6.45, 7) is 4.00. The van der Waals surface area contributed by atoms with Crippen molar-refractivity contribution in [2.75, 3.05) is 32.1 Å². The lowest BCUT2D eigenvalue weighted by molar-refractivity contribution is -0.130. The molecule has 2 heterocycles. The number of hydrogen-bond acceptors (Lipinski definition) is 5. The zero-order chi connectivity index (χ0) is 21.1. The Labute approximate surface area is 175 Å². The van der Waals surface area contributed by atoms with E-state index in [4.69, 9.17) is 4.74 Å². The van der Waals surface area contributed by atoms with E-state index in [1.54, 1.807) is 26.2 Å². The molecule has 0 aliphatic carbocycles. The smallest absolute Gasteiger partial charge is 0.219 e. The number of halogens is 1. The average molecular weight is 408 g/mol. The second-order valence-electron chi connectivity index (χ2n) is 7.63. The molecule has 2 aromatic carbocycles. The van der Waals surface area contributed by atoms with Crippen molar-refractivity contribution in [3.8, 4) is 16.9 Å². The first-order valence-electron chi connectivity index (χ1n) is 10.1. The number of rotatable bonds is 5. The third kappa shape index (κ3) is 4.20. The monoisotopic (exact) mass is 408 g/mol. The van der Waals surface area contributed by atoms with E-state index in [2.05, 4.69) is 15.3 Å². The number of benzene rings is 2. The fraction of sp³-hybridized carbons (Fsp3) is 0.348. The lowest BCUT2D eigenvalue weighted by atomic mass is 9.96. The molecule has 1 fully saturated rings. The Morgan fingerprint density at radius 2 is 1.90 bits per heavy atom. The molecule has 1 amide bonds. The van der Waals surface area contributed by atoms with Gasteiger partial charge in [0, 0.05) is 31.9 Å². The third-order valence-corrected chi connectivity index (χ3v) is 5.72. The van der Waals surface area contributed by atoms with E-state index < -0.39 is 0 Å². The van der Waals surface area contributed by atoms with Crippen molar-refractivity contribution in [3.05, 3.63) is 48.5 Å². The van der Waals surface area contributed by atoms with Gasteiger partial charge in [-0.25, -0.2) is 14.4 Å². The minimum atomic E-state index is -0.270. The Hall–Kier alpha value is -3.22. The highest BCUT2D eigenvalue weighted by Crippen LogP contribution is 2.34. The van der Waals surface area contributed by atoms with E-state index in [0.717, 1.165) is 60.3 Å². The summed E-state index contributed by atoms with van der Waals surface area (Å²) in [7, 11) is 1.61. The average Bonchev–Trinajstić information content (AvgIpc) is 2.77. The van der Waals surface area contributed by atoms with Crippen LogP contribution in [-0.4, -0.2) is 47.5 Å². The van der Waals surface area contributed by atoms with Crippen molar-refractivity contribution in [2.24, 2.45) is 5.92 Å². The molecule has 4 rings (SSSR count). The number of methoxy groups -OCH3 is 1. The van der Waals surface area contributed by atoms with E-state index >= 15 is 0 Å². The number of hydrogen-bond donors (Lipinski definition) is 1. The van der Waals surface area contributed by atoms with E-state index in [0.29, 0.717) is 11.7 Å². The van der Waals surface area contributed by atoms with Crippen molar-refractivity contribution >= 4 is 22.6 Å². The van der Waals surface area contributed by atoms with Gasteiger partial charge in [0.1, 0.15) is 29.2 Å². The summed E-state index contributed by atoms with van der Waals surface area (Å²) in [5.41, 5.74) is 2.53. The number of ether oxygens (including phenoxy) is 1. The first kappa shape index (κ1) is 20.1. The van der Waals surface area contributed by atoms with Crippen LogP contribution in [0.25, 0.3) is 22.0 Å². The van der Waals surface area contributed by atoms with E-state index in [1.807, 2.05) is 17.0 Å². The topological polar surface area (TPSA) is 67.3 Å². The zero-order valence-corrected chi connectivity index (χ0v) is 17.2. The maximum Gasteiger partial charge on any atom is 0.219 e. The summed E-state index contributed by atoms with van der Waals surface area (Å²) in [6, 6.07) is 10.3. The number of anilines is 1. The second-order valence-corrected chi connectivity index (χ2v) is 7.63. The highest BCUT2D eigenvalue weighted by Gasteiger charge is 2.21. The predicted molar refractivity (Wildman–Crippen MR) is 115 cm³/mol. The molecule has 1 aromatic heterocycles. The van der Waals surface area contributed by atoms with Crippen LogP contribution in [0.3, 0.4) is 0 Å². The van der Waals surface area contributed by atoms with Crippen LogP contribution < -0.4 is 10.1 Å². The van der Waals surface area contributed by atoms with Crippen molar-refractivity contribution in [2.45, 2.75) is 19.8 Å². The van der Waals surface area contributed by atoms with E-state index in [-0.39, 0.29) is 11.7 Å². The Balaban J connectivity index is 1.59. The van der Waals surface area contributed by atoms with Gasteiger partial charge in [-0.3, -0.25) is 4.79 Å². The minimum Gasteiger partial charge on any atom is -0.494 e. The number of fused-ring (bicyclic) bond motifs is 1. The molecule has 1 aliphatic heterocycles. The lowest BCUT2D eigenvalue weighted by Gasteiger charge is -2.31. The summed E-state index contributed by atoms with van der Waals surface area (Å²) in [6.07, 6.45) is 3.47. The van der Waals surface area contributed by atoms with Crippen molar-refractivity contribution in [3.63, 3.8) is 0 Å². The molecule has 30 heavy (non-hydrogen) atoms. The zero-order valence-electron chi connectivity index (χ0n) is 17.2. The number of carbonyl (C=O) groups is 1. The number of amides is 1. The molecule has 1 saturated heterocycles. The molecule has 0 bridgehead atoms. The van der Waals surface area contributed by atoms with Crippen LogP contribution in [0.4, 0.5) is 10.2 Å². The van der Waals surface area contributed by atoms with Gasteiger partial charge in [-0.15, -0.1) is 0 Å². The van der Waals surface area contributed by atoms with Gasteiger partial charge in [-0.2, -0.15) is 0 Å². The van der Waals surface area contributed by atoms with Crippen LogP contribution in [-0.2, 0) is 4.79 Å². The molecule has 1 aliphatic rings. The Bertz CT molecular complexity index is 1050. The highest BCUT2D eigenvalue weighted by molar-refractivity contribution is 5.96. The Kier molecular flexibility index (Phi) is 5.79. The van der Waals surface area contributed by atoms with Crippen LogP contribution in [0.5, 0.6) is 5.75 Å². The molecular weight excluding hydrogens is 383 g/mol. The van der Waals surface area contributed by atoms with Gasteiger partial charge in [0.2, 0.25) is 5.91 Å². The first-order valence-corrected chi connectivity index (χ1v) is 10.1. The normalized spacial score (nSPS) is 14.7. The minimum absolute atomic E-state index is 0.142. The Morgan fingerprint density at radius 3 is 2.57 bits per heavy atom. The summed E-state index contributed by atoms with van der Waals surface area (Å²) in [5, 5.41) is 4.33. The molecule has 1 N–H and O–H groups in total. The summed E-state index contributed by atoms with van der Waals surface area (Å²) in [5.74, 6) is 1.74. The number of nitrogens with one attached hydrogen (secondary N) is 1. The van der Waals surface area contributed by atoms with Crippen molar-refractivity contribution in [1.82, 2.24) is 14.9 Å². The summed E-state index contributed by atoms with van der Waals surface area (Å²) in [4.78, 5) is 22.3. The molecule has 0 unspecified atom stereocenters. The maximum absolute atomic E-state index is 13.3. The molecular formula is C23H25FN4O2. The standard InChI is InChI=1S/C23H25FN4O2/c1-15(29)28-9-7-16(8-10-28)13-25-23-20-11-18(17-3-5-19(24)6-4-17)12-21(30-2)22(20)26-14-27-23/h3-6,11-12,14,16H,7-10,13H2,1-2H3,(H,25,26,27). The summed E-state index contributed by atoms with van der Waals surface area (Å²) < 4.78 is 18.9. The molecule has 7 heteroatoms. The van der Waals surface area contributed by atoms with Gasteiger partial charge in [-0.1, -0.05) is 12.1 Å². The van der Waals surface area contributed by atoms with Gasteiger partial charge in [0.15, 0.2) is 0 Å². The number of piperidine rings is 1. The number of aromatic nitrogens is 2. The number of carbonyl (C=O) groups excluding carboxylic acids is 1. The van der Waals surface area contributed by atoms with E-state index in [9.17, 15) is 9.18 Å². The fourth-order valence-electron chi connectivity index (χ4n) is 3.93. The molecule has 156 valence electrons. The van der Waals surface area contributed by atoms with Crippen LogP contribution >= 0.6 is 0 Å². The van der Waals surface area contributed by atoms with Crippen molar-refractivity contribution < 1.29 is 13.9 Å². The Morgan fingerprint density at radius 1 is 1.17 bits per heavy atom. The number of likely N-dealkylation sites (tertiary alicyclic amines) is 1. The second kappa shape index (κ2) is 8.65. The molecule has 3 aromatic rings. The molecule has 0 saturated carbocycles. The highest BCUT2D eigenvalue weighted by atomic mass is 19.1. The largest absolute Gasteiger partial charge is 0.494 e. The number of nitrogens with zero attached hydrogens (tertiary/aromatic N) is 3. The molecule has 0 atom stereocenters. The maximum atomic E-state index is 13.3. The molecule has 0 spiro atoms. The first-order chi connectivity index (χ1) is 14.5. The van der Waals surface area contributed by atoms with Gasteiger partial charge in [-0.05, 0) is 54.2 Å². The van der Waals surface area contributed by atoms with Crippen LogP contribution in [0.2, 0.25) is 0 Å². The van der Waals surface area contributed by atoms with Gasteiger partial charge < -0.3 is 15.0 Å². The lowest BCUT2D eigenvalue weighted by Crippen LogP contribution is -2.38. The van der Waals surface area contributed by atoms with Gasteiger partial charge in [0.25, 0.3) is 0 Å².